The minimum atomic E-state index is -4.49. The van der Waals surface area contributed by atoms with Crippen LogP contribution in [-0.2, 0) is 13.6 Å². The number of aromatic nitrogens is 2. The van der Waals surface area contributed by atoms with Gasteiger partial charge in [0.15, 0.2) is 0 Å². The molecule has 0 aliphatic carbocycles. The van der Waals surface area contributed by atoms with E-state index < -0.39 is 13.3 Å². The molecular formula is C9H18BF3N2. The Morgan fingerprint density at radius 1 is 1.27 bits per heavy atom. The van der Waals surface area contributed by atoms with Gasteiger partial charge in [0, 0.05) is 0 Å². The van der Waals surface area contributed by atoms with Gasteiger partial charge in [0.2, 0.25) is 6.33 Å². The largest absolute Gasteiger partial charge is 0.478 e. The summed E-state index contributed by atoms with van der Waals surface area (Å²) in [5, 5.41) is 0. The Balaban J connectivity index is 0.000000265. The van der Waals surface area contributed by atoms with Crippen molar-refractivity contribution in [2.45, 2.75) is 33.1 Å². The zero-order chi connectivity index (χ0) is 11.9. The van der Waals surface area contributed by atoms with E-state index in [0.717, 1.165) is 6.54 Å². The van der Waals surface area contributed by atoms with E-state index >= 15 is 0 Å². The van der Waals surface area contributed by atoms with E-state index in [1.807, 2.05) is 17.8 Å². The molecule has 0 aliphatic heterocycles. The van der Waals surface area contributed by atoms with Crippen LogP contribution < -0.4 is 4.57 Å². The Labute approximate surface area is 88.8 Å². The van der Waals surface area contributed by atoms with Crippen LogP contribution in [0, 0.1) is 0 Å². The average Bonchev–Trinajstić information content (AvgIpc) is 2.50. The van der Waals surface area contributed by atoms with Crippen molar-refractivity contribution in [1.29, 1.82) is 0 Å². The van der Waals surface area contributed by atoms with Crippen LogP contribution in [0.4, 0.5) is 12.9 Å². The molecule has 1 aromatic rings. The van der Waals surface area contributed by atoms with Gasteiger partial charge in [-0.25, -0.2) is 9.13 Å². The molecule has 0 aliphatic rings. The smallest absolute Gasteiger partial charge is 0.449 e. The SMILES string of the molecule is CCC[B-](F)(F)F.CCn1cc[n+](C)c1. The van der Waals surface area contributed by atoms with Crippen molar-refractivity contribution in [3.05, 3.63) is 18.7 Å². The quantitative estimate of drug-likeness (QED) is 0.549. The predicted molar refractivity (Wildman–Crippen MR) is 55.5 cm³/mol. The van der Waals surface area contributed by atoms with Gasteiger partial charge >= 0.3 is 6.98 Å². The molecule has 0 fully saturated rings. The van der Waals surface area contributed by atoms with Crippen molar-refractivity contribution < 1.29 is 17.5 Å². The lowest BCUT2D eigenvalue weighted by molar-refractivity contribution is -0.671. The van der Waals surface area contributed by atoms with E-state index in [-0.39, 0.29) is 6.42 Å². The maximum atomic E-state index is 11.1. The Morgan fingerprint density at radius 3 is 2.00 bits per heavy atom. The lowest BCUT2D eigenvalue weighted by atomic mass is 9.85. The second-order valence-corrected chi connectivity index (χ2v) is 3.41. The molecule has 0 unspecified atom stereocenters. The van der Waals surface area contributed by atoms with E-state index in [4.69, 9.17) is 0 Å². The van der Waals surface area contributed by atoms with Crippen molar-refractivity contribution in [1.82, 2.24) is 4.57 Å². The molecule has 1 heterocycles. The van der Waals surface area contributed by atoms with Gasteiger partial charge in [-0.05, 0) is 6.92 Å². The van der Waals surface area contributed by atoms with Crippen molar-refractivity contribution in [3.8, 4) is 0 Å². The van der Waals surface area contributed by atoms with Gasteiger partial charge in [-0.15, -0.1) is 0 Å². The Morgan fingerprint density at radius 2 is 1.87 bits per heavy atom. The highest BCUT2D eigenvalue weighted by atomic mass is 19.4. The fourth-order valence-corrected chi connectivity index (χ4v) is 1.02. The van der Waals surface area contributed by atoms with Crippen LogP contribution in [0.3, 0.4) is 0 Å². The maximum absolute atomic E-state index is 11.1. The Kier molecular flexibility index (Phi) is 6.12. The number of halogens is 3. The molecule has 0 atom stereocenters. The summed E-state index contributed by atoms with van der Waals surface area (Å²) in [7, 11) is 2.02. The zero-order valence-electron chi connectivity index (χ0n) is 9.46. The van der Waals surface area contributed by atoms with Crippen molar-refractivity contribution in [2.75, 3.05) is 0 Å². The molecule has 0 radical (unpaired) electrons. The fourth-order valence-electron chi connectivity index (χ4n) is 1.02. The topological polar surface area (TPSA) is 8.81 Å². The van der Waals surface area contributed by atoms with Gasteiger partial charge in [-0.1, -0.05) is 19.7 Å². The second kappa shape index (κ2) is 6.53. The zero-order valence-corrected chi connectivity index (χ0v) is 9.46. The molecule has 0 saturated carbocycles. The summed E-state index contributed by atoms with van der Waals surface area (Å²) in [6, 6.07) is 0. The van der Waals surface area contributed by atoms with Crippen LogP contribution in [0.1, 0.15) is 20.3 Å². The monoisotopic (exact) mass is 222 g/mol. The van der Waals surface area contributed by atoms with Crippen molar-refractivity contribution in [2.24, 2.45) is 7.05 Å². The third-order valence-electron chi connectivity index (χ3n) is 1.80. The molecule has 1 aromatic heterocycles. The number of rotatable bonds is 3. The molecule has 6 heteroatoms. The number of imidazole rings is 1. The van der Waals surface area contributed by atoms with Crippen LogP contribution in [0.5, 0.6) is 0 Å². The first-order valence-corrected chi connectivity index (χ1v) is 5.11. The minimum absolute atomic E-state index is 0.212. The predicted octanol–water partition coefficient (Wildman–Crippen LogP) is 2.58. The molecule has 0 saturated heterocycles. The average molecular weight is 222 g/mol. The molecule has 0 N–H and O–H groups in total. The van der Waals surface area contributed by atoms with E-state index in [0.29, 0.717) is 0 Å². The van der Waals surface area contributed by atoms with E-state index in [1.165, 1.54) is 6.92 Å². The first-order valence-electron chi connectivity index (χ1n) is 5.11. The lowest BCUT2D eigenvalue weighted by Gasteiger charge is -2.09. The summed E-state index contributed by atoms with van der Waals surface area (Å²) in [6.45, 7) is 0.211. The molecule has 15 heavy (non-hydrogen) atoms. The standard InChI is InChI=1S/C6H11N2.C3H7BF3/c1-3-8-5-4-7(2)6-8;1-2-3-4(5,6)7/h4-6H,3H2,1-2H3;2-3H2,1H3/q+1;-1. The summed E-state index contributed by atoms with van der Waals surface area (Å²) in [5.41, 5.74) is 0. The highest BCUT2D eigenvalue weighted by molar-refractivity contribution is 6.58. The summed E-state index contributed by atoms with van der Waals surface area (Å²) >= 11 is 0. The summed E-state index contributed by atoms with van der Waals surface area (Å²) in [4.78, 5) is 0. The van der Waals surface area contributed by atoms with Crippen molar-refractivity contribution >= 4 is 6.98 Å². The molecule has 0 spiro atoms. The molecule has 0 amide bonds. The van der Waals surface area contributed by atoms with E-state index in [1.54, 1.807) is 0 Å². The van der Waals surface area contributed by atoms with Crippen molar-refractivity contribution in [3.63, 3.8) is 0 Å². The fraction of sp³-hybridized carbons (Fsp3) is 0.667. The Bertz CT molecular complexity index is 271. The highest BCUT2D eigenvalue weighted by Gasteiger charge is 2.19. The Hall–Kier alpha value is -0.935. The van der Waals surface area contributed by atoms with Gasteiger partial charge in [-0.3, -0.25) is 0 Å². The maximum Gasteiger partial charge on any atom is 0.478 e. The molecule has 2 nitrogen and oxygen atoms in total. The first kappa shape index (κ1) is 14.1. The van der Waals surface area contributed by atoms with Crippen LogP contribution in [0.15, 0.2) is 18.7 Å². The van der Waals surface area contributed by atoms with Gasteiger partial charge in [-0.2, -0.15) is 0 Å². The molecular weight excluding hydrogens is 204 g/mol. The first-order chi connectivity index (χ1) is 6.89. The van der Waals surface area contributed by atoms with Crippen LogP contribution in [0.25, 0.3) is 0 Å². The lowest BCUT2D eigenvalue weighted by Crippen LogP contribution is -2.23. The number of hydrogen-bond donors (Lipinski definition) is 0. The third kappa shape index (κ3) is 8.09. The van der Waals surface area contributed by atoms with E-state index in [9.17, 15) is 12.9 Å². The van der Waals surface area contributed by atoms with Crippen LogP contribution in [0.2, 0.25) is 6.32 Å². The summed E-state index contributed by atoms with van der Waals surface area (Å²) in [6.07, 6.45) is 5.76. The second-order valence-electron chi connectivity index (χ2n) is 3.41. The number of hydrogen-bond acceptors (Lipinski definition) is 0. The summed E-state index contributed by atoms with van der Waals surface area (Å²) < 4.78 is 37.5. The molecule has 88 valence electrons. The van der Waals surface area contributed by atoms with E-state index in [2.05, 4.69) is 24.0 Å². The highest BCUT2D eigenvalue weighted by Crippen LogP contribution is 2.15. The molecule has 0 bridgehead atoms. The van der Waals surface area contributed by atoms with Gasteiger partial charge in [0.25, 0.3) is 0 Å². The summed E-state index contributed by atoms with van der Waals surface area (Å²) in [5.74, 6) is 0. The minimum Gasteiger partial charge on any atom is -0.449 e. The third-order valence-corrected chi connectivity index (χ3v) is 1.80. The van der Waals surface area contributed by atoms with Gasteiger partial charge in [0.05, 0.1) is 13.6 Å². The van der Waals surface area contributed by atoms with Gasteiger partial charge < -0.3 is 12.9 Å². The van der Waals surface area contributed by atoms with Gasteiger partial charge in [0.1, 0.15) is 12.4 Å². The number of nitrogens with zero attached hydrogens (tertiary/aromatic N) is 2. The normalized spacial score (nSPS) is 10.8. The number of aryl methyl sites for hydroxylation is 2. The van der Waals surface area contributed by atoms with Crippen LogP contribution in [-0.4, -0.2) is 11.5 Å². The molecule has 1 rings (SSSR count). The molecule has 0 aromatic carbocycles. The van der Waals surface area contributed by atoms with Crippen LogP contribution >= 0.6 is 0 Å².